The average molecular weight is 421 g/mol. The molecular weight excluding hydrogens is 396 g/mol. The van der Waals surface area contributed by atoms with Crippen molar-refractivity contribution in [1.29, 1.82) is 0 Å². The number of nitrogens with zero attached hydrogens (tertiary/aromatic N) is 2. The molecular formula is C20H25ClN4O2S. The van der Waals surface area contributed by atoms with Gasteiger partial charge in [-0.15, -0.1) is 0 Å². The van der Waals surface area contributed by atoms with Gasteiger partial charge in [-0.25, -0.2) is 13.1 Å². The molecule has 2 aromatic carbocycles. The van der Waals surface area contributed by atoms with Crippen LogP contribution < -0.4 is 10.0 Å². The number of halogens is 1. The lowest BCUT2D eigenvalue weighted by atomic mass is 10.2. The van der Waals surface area contributed by atoms with Crippen LogP contribution in [0, 0.1) is 0 Å². The number of guanidine groups is 1. The smallest absolute Gasteiger partial charge is 0.240 e. The van der Waals surface area contributed by atoms with Crippen molar-refractivity contribution in [3.8, 4) is 0 Å². The SMILES string of the molecule is CN=C(NCc1ccc(S(=O)(=O)NC2CC2)cc1)N(C)Cc1cccc(Cl)c1. The topological polar surface area (TPSA) is 73.8 Å². The van der Waals surface area contributed by atoms with Crippen LogP contribution in [0.15, 0.2) is 58.4 Å². The van der Waals surface area contributed by atoms with Crippen LogP contribution in [0.2, 0.25) is 5.02 Å². The summed E-state index contributed by atoms with van der Waals surface area (Å²) in [5.74, 6) is 0.743. The Labute approximate surface area is 171 Å². The molecule has 0 bridgehead atoms. The van der Waals surface area contributed by atoms with Crippen LogP contribution in [0.4, 0.5) is 0 Å². The zero-order valence-corrected chi connectivity index (χ0v) is 17.6. The van der Waals surface area contributed by atoms with Gasteiger partial charge in [0.1, 0.15) is 0 Å². The van der Waals surface area contributed by atoms with E-state index in [-0.39, 0.29) is 6.04 Å². The Morgan fingerprint density at radius 1 is 1.18 bits per heavy atom. The van der Waals surface area contributed by atoms with Gasteiger partial charge in [-0.3, -0.25) is 4.99 Å². The number of rotatable bonds is 7. The van der Waals surface area contributed by atoms with Crippen molar-refractivity contribution in [2.75, 3.05) is 14.1 Å². The van der Waals surface area contributed by atoms with Gasteiger partial charge in [-0.1, -0.05) is 35.9 Å². The van der Waals surface area contributed by atoms with E-state index in [0.29, 0.717) is 23.0 Å². The summed E-state index contributed by atoms with van der Waals surface area (Å²) >= 11 is 6.05. The maximum atomic E-state index is 12.2. The monoisotopic (exact) mass is 420 g/mol. The standard InChI is InChI=1S/C20H25ClN4O2S/c1-22-20(25(2)14-16-4-3-5-17(21)12-16)23-13-15-6-10-19(11-7-15)28(26,27)24-18-8-9-18/h3-7,10-12,18,24H,8-9,13-14H2,1-2H3,(H,22,23). The highest BCUT2D eigenvalue weighted by Crippen LogP contribution is 2.22. The zero-order chi connectivity index (χ0) is 20.1. The third-order valence-corrected chi connectivity index (χ3v) is 6.24. The molecule has 1 aliphatic rings. The lowest BCUT2D eigenvalue weighted by Crippen LogP contribution is -2.38. The molecule has 1 aliphatic carbocycles. The molecule has 0 unspecified atom stereocenters. The second-order valence-electron chi connectivity index (χ2n) is 6.93. The van der Waals surface area contributed by atoms with E-state index in [1.54, 1.807) is 19.2 Å². The van der Waals surface area contributed by atoms with Crippen LogP contribution in [-0.4, -0.2) is 39.4 Å². The molecule has 150 valence electrons. The van der Waals surface area contributed by atoms with Gasteiger partial charge in [0.2, 0.25) is 10.0 Å². The van der Waals surface area contributed by atoms with Gasteiger partial charge in [0.25, 0.3) is 0 Å². The highest BCUT2D eigenvalue weighted by atomic mass is 35.5. The molecule has 8 heteroatoms. The summed E-state index contributed by atoms with van der Waals surface area (Å²) in [6.07, 6.45) is 1.84. The molecule has 0 aliphatic heterocycles. The first-order valence-electron chi connectivity index (χ1n) is 9.15. The minimum atomic E-state index is -3.41. The fraction of sp³-hybridized carbons (Fsp3) is 0.350. The molecule has 0 radical (unpaired) electrons. The molecule has 2 aromatic rings. The van der Waals surface area contributed by atoms with Gasteiger partial charge in [0.15, 0.2) is 5.96 Å². The molecule has 2 N–H and O–H groups in total. The molecule has 0 atom stereocenters. The fourth-order valence-corrected chi connectivity index (χ4v) is 4.34. The number of hydrogen-bond donors (Lipinski definition) is 2. The third kappa shape index (κ3) is 5.70. The first-order chi connectivity index (χ1) is 13.4. The predicted octanol–water partition coefficient (Wildman–Crippen LogP) is 2.99. The molecule has 0 spiro atoms. The zero-order valence-electron chi connectivity index (χ0n) is 16.0. The molecule has 28 heavy (non-hydrogen) atoms. The van der Waals surface area contributed by atoms with Gasteiger partial charge < -0.3 is 10.2 Å². The minimum absolute atomic E-state index is 0.102. The normalized spacial score (nSPS) is 14.8. The summed E-state index contributed by atoms with van der Waals surface area (Å²) in [5, 5.41) is 4.01. The average Bonchev–Trinajstić information content (AvgIpc) is 3.46. The van der Waals surface area contributed by atoms with E-state index in [1.165, 1.54) is 0 Å². The third-order valence-electron chi connectivity index (χ3n) is 4.47. The highest BCUT2D eigenvalue weighted by Gasteiger charge is 2.27. The lowest BCUT2D eigenvalue weighted by Gasteiger charge is -2.22. The Hall–Kier alpha value is -2.09. The molecule has 0 amide bonds. The molecule has 0 heterocycles. The Morgan fingerprint density at radius 2 is 1.89 bits per heavy atom. The van der Waals surface area contributed by atoms with Crippen LogP contribution >= 0.6 is 11.6 Å². The highest BCUT2D eigenvalue weighted by molar-refractivity contribution is 7.89. The first-order valence-corrected chi connectivity index (χ1v) is 11.0. The van der Waals surface area contributed by atoms with Crippen LogP contribution in [-0.2, 0) is 23.1 Å². The van der Waals surface area contributed by atoms with E-state index in [9.17, 15) is 8.42 Å². The molecule has 1 fully saturated rings. The Balaban J connectivity index is 1.57. The van der Waals surface area contributed by atoms with E-state index in [2.05, 4.69) is 15.0 Å². The Bertz CT molecular complexity index is 941. The number of hydrogen-bond acceptors (Lipinski definition) is 3. The van der Waals surface area contributed by atoms with Crippen molar-refractivity contribution in [2.24, 2.45) is 4.99 Å². The van der Waals surface area contributed by atoms with Gasteiger partial charge in [0, 0.05) is 38.2 Å². The minimum Gasteiger partial charge on any atom is -0.352 e. The number of benzene rings is 2. The van der Waals surface area contributed by atoms with Crippen LogP contribution in [0.5, 0.6) is 0 Å². The number of sulfonamides is 1. The maximum Gasteiger partial charge on any atom is 0.240 e. The lowest BCUT2D eigenvalue weighted by molar-refractivity contribution is 0.476. The van der Waals surface area contributed by atoms with E-state index in [0.717, 1.165) is 29.9 Å². The molecule has 1 saturated carbocycles. The van der Waals surface area contributed by atoms with Gasteiger partial charge in [-0.05, 0) is 48.2 Å². The van der Waals surface area contributed by atoms with E-state index in [4.69, 9.17) is 11.6 Å². The van der Waals surface area contributed by atoms with Gasteiger partial charge >= 0.3 is 0 Å². The maximum absolute atomic E-state index is 12.2. The largest absolute Gasteiger partial charge is 0.352 e. The van der Waals surface area contributed by atoms with Gasteiger partial charge in [-0.2, -0.15) is 0 Å². The molecule has 0 saturated heterocycles. The first kappa shape index (κ1) is 20.6. The second-order valence-corrected chi connectivity index (χ2v) is 9.08. The van der Waals surface area contributed by atoms with E-state index < -0.39 is 10.0 Å². The number of nitrogens with one attached hydrogen (secondary N) is 2. The van der Waals surface area contributed by atoms with Crippen LogP contribution in [0.3, 0.4) is 0 Å². The summed E-state index contributed by atoms with van der Waals surface area (Å²) in [4.78, 5) is 6.61. The Morgan fingerprint density at radius 3 is 2.50 bits per heavy atom. The second kappa shape index (κ2) is 8.94. The van der Waals surface area contributed by atoms with Gasteiger partial charge in [0.05, 0.1) is 4.90 Å². The fourth-order valence-electron chi connectivity index (χ4n) is 2.83. The van der Waals surface area contributed by atoms with Crippen LogP contribution in [0.25, 0.3) is 0 Å². The van der Waals surface area contributed by atoms with Crippen molar-refractivity contribution in [2.45, 2.75) is 36.9 Å². The summed E-state index contributed by atoms with van der Waals surface area (Å²) in [7, 11) is 0.272. The van der Waals surface area contributed by atoms with Crippen molar-refractivity contribution < 1.29 is 8.42 Å². The molecule has 0 aromatic heterocycles. The predicted molar refractivity (Wildman–Crippen MR) is 113 cm³/mol. The van der Waals surface area contributed by atoms with Crippen molar-refractivity contribution in [1.82, 2.24) is 14.9 Å². The quantitative estimate of drug-likeness (QED) is 0.533. The van der Waals surface area contributed by atoms with Crippen molar-refractivity contribution in [3.05, 3.63) is 64.7 Å². The van der Waals surface area contributed by atoms with E-state index >= 15 is 0 Å². The molecule has 6 nitrogen and oxygen atoms in total. The summed E-state index contributed by atoms with van der Waals surface area (Å²) in [6, 6.07) is 14.7. The number of aliphatic imine (C=N–C) groups is 1. The molecule has 3 rings (SSSR count). The summed E-state index contributed by atoms with van der Waals surface area (Å²) in [6.45, 7) is 1.22. The summed E-state index contributed by atoms with van der Waals surface area (Å²) in [5.41, 5.74) is 2.07. The van der Waals surface area contributed by atoms with E-state index in [1.807, 2.05) is 48.3 Å². The van der Waals surface area contributed by atoms with Crippen molar-refractivity contribution in [3.63, 3.8) is 0 Å². The Kier molecular flexibility index (Phi) is 6.59. The summed E-state index contributed by atoms with van der Waals surface area (Å²) < 4.78 is 27.2. The van der Waals surface area contributed by atoms with Crippen LogP contribution in [0.1, 0.15) is 24.0 Å². The van der Waals surface area contributed by atoms with Crippen molar-refractivity contribution >= 4 is 27.6 Å².